The first-order valence-corrected chi connectivity index (χ1v) is 9.48. The number of nitrogens with one attached hydrogen (secondary N) is 3. The smallest absolute Gasteiger partial charge is 0.319 e. The summed E-state index contributed by atoms with van der Waals surface area (Å²) in [6.45, 7) is 0.156. The van der Waals surface area contributed by atoms with E-state index in [1.54, 1.807) is 31.4 Å². The monoisotopic (exact) mass is 405 g/mol. The predicted molar refractivity (Wildman–Crippen MR) is 106 cm³/mol. The van der Waals surface area contributed by atoms with Crippen molar-refractivity contribution in [3.05, 3.63) is 46.7 Å². The number of hydrogen-bond donors (Lipinski definition) is 3. The Balaban J connectivity index is 1.76. The molecule has 1 atom stereocenters. The van der Waals surface area contributed by atoms with Crippen molar-refractivity contribution in [3.63, 3.8) is 0 Å². The minimum Gasteiger partial charge on any atom is -0.497 e. The molecule has 1 unspecified atom stereocenters. The SMILES string of the molecule is COC(=O)CC(NC(=O)CCNC(=O)Nc1ccc(OC)cc1)c1cccs1. The van der Waals surface area contributed by atoms with Crippen molar-refractivity contribution in [2.75, 3.05) is 26.1 Å². The fourth-order valence-electron chi connectivity index (χ4n) is 2.37. The highest BCUT2D eigenvalue weighted by Crippen LogP contribution is 2.22. The predicted octanol–water partition coefficient (Wildman–Crippen LogP) is 2.69. The van der Waals surface area contributed by atoms with Gasteiger partial charge in [0.15, 0.2) is 0 Å². The number of hydrogen-bond acceptors (Lipinski definition) is 6. The normalized spacial score (nSPS) is 11.2. The molecule has 2 aromatic rings. The van der Waals surface area contributed by atoms with Crippen LogP contribution in [0.1, 0.15) is 23.8 Å². The molecule has 0 aliphatic carbocycles. The molecule has 1 heterocycles. The molecule has 3 N–H and O–H groups in total. The lowest BCUT2D eigenvalue weighted by Gasteiger charge is -2.16. The van der Waals surface area contributed by atoms with Gasteiger partial charge >= 0.3 is 12.0 Å². The highest BCUT2D eigenvalue weighted by molar-refractivity contribution is 7.10. The van der Waals surface area contributed by atoms with Crippen molar-refractivity contribution in [1.29, 1.82) is 0 Å². The second-order valence-corrected chi connectivity index (χ2v) is 6.75. The van der Waals surface area contributed by atoms with Gasteiger partial charge in [0.1, 0.15) is 5.75 Å². The van der Waals surface area contributed by atoms with Crippen LogP contribution >= 0.6 is 11.3 Å². The molecule has 8 nitrogen and oxygen atoms in total. The van der Waals surface area contributed by atoms with Crippen molar-refractivity contribution in [2.24, 2.45) is 0 Å². The van der Waals surface area contributed by atoms with E-state index in [2.05, 4.69) is 20.7 Å². The minimum atomic E-state index is -0.451. The van der Waals surface area contributed by atoms with Crippen LogP contribution in [0.5, 0.6) is 5.75 Å². The largest absolute Gasteiger partial charge is 0.497 e. The lowest BCUT2D eigenvalue weighted by atomic mass is 10.1. The third-order valence-electron chi connectivity index (χ3n) is 3.81. The number of amides is 3. The molecule has 0 saturated carbocycles. The Morgan fingerprint density at radius 3 is 2.46 bits per heavy atom. The van der Waals surface area contributed by atoms with Gasteiger partial charge in [-0.2, -0.15) is 0 Å². The molecular weight excluding hydrogens is 382 g/mol. The Labute approximate surface area is 167 Å². The zero-order valence-corrected chi connectivity index (χ0v) is 16.5. The van der Waals surface area contributed by atoms with E-state index < -0.39 is 18.0 Å². The summed E-state index contributed by atoms with van der Waals surface area (Å²) < 4.78 is 9.74. The van der Waals surface area contributed by atoms with E-state index in [1.807, 2.05) is 17.5 Å². The lowest BCUT2D eigenvalue weighted by Crippen LogP contribution is -2.35. The molecule has 0 radical (unpaired) electrons. The Morgan fingerprint density at radius 2 is 1.86 bits per heavy atom. The van der Waals surface area contributed by atoms with E-state index >= 15 is 0 Å². The van der Waals surface area contributed by atoms with Gasteiger partial charge in [0.05, 0.1) is 26.7 Å². The second-order valence-electron chi connectivity index (χ2n) is 5.78. The Kier molecular flexibility index (Phi) is 8.29. The van der Waals surface area contributed by atoms with Crippen LogP contribution in [-0.2, 0) is 14.3 Å². The van der Waals surface area contributed by atoms with Crippen LogP contribution in [0.3, 0.4) is 0 Å². The van der Waals surface area contributed by atoms with Crippen molar-refractivity contribution >= 4 is 34.9 Å². The molecule has 150 valence electrons. The Hall–Kier alpha value is -3.07. The zero-order valence-electron chi connectivity index (χ0n) is 15.7. The summed E-state index contributed by atoms with van der Waals surface area (Å²) >= 11 is 1.45. The lowest BCUT2D eigenvalue weighted by molar-refractivity contribution is -0.141. The molecule has 0 saturated heterocycles. The third-order valence-corrected chi connectivity index (χ3v) is 4.79. The van der Waals surface area contributed by atoms with Crippen LogP contribution in [0.4, 0.5) is 10.5 Å². The molecule has 0 spiro atoms. The van der Waals surface area contributed by atoms with Crippen molar-refractivity contribution in [1.82, 2.24) is 10.6 Å². The molecule has 3 amide bonds. The highest BCUT2D eigenvalue weighted by atomic mass is 32.1. The number of carbonyl (C=O) groups excluding carboxylic acids is 3. The summed E-state index contributed by atoms with van der Waals surface area (Å²) in [6.07, 6.45) is 0.132. The average molecular weight is 405 g/mol. The standard InChI is InChI=1S/C19H23N3O5S/c1-26-14-7-5-13(6-8-14)21-19(25)20-10-9-17(23)22-15(12-18(24)27-2)16-4-3-11-28-16/h3-8,11,15H,9-10,12H2,1-2H3,(H,22,23)(H2,20,21,25). The maximum Gasteiger partial charge on any atom is 0.319 e. The van der Waals surface area contributed by atoms with Crippen molar-refractivity contribution in [3.8, 4) is 5.75 Å². The van der Waals surface area contributed by atoms with Crippen LogP contribution in [0.25, 0.3) is 0 Å². The number of methoxy groups -OCH3 is 2. The van der Waals surface area contributed by atoms with E-state index in [0.29, 0.717) is 11.4 Å². The zero-order chi connectivity index (χ0) is 20.4. The summed E-state index contributed by atoms with van der Waals surface area (Å²) in [5.74, 6) is 0.0117. The third kappa shape index (κ3) is 6.92. The molecule has 0 bridgehead atoms. The van der Waals surface area contributed by atoms with E-state index in [-0.39, 0.29) is 25.3 Å². The van der Waals surface area contributed by atoms with Gasteiger partial charge < -0.3 is 25.4 Å². The van der Waals surface area contributed by atoms with E-state index in [0.717, 1.165) is 4.88 Å². The van der Waals surface area contributed by atoms with Gasteiger partial charge in [-0.3, -0.25) is 9.59 Å². The average Bonchev–Trinajstić information content (AvgIpc) is 3.22. The van der Waals surface area contributed by atoms with Crippen LogP contribution in [0.15, 0.2) is 41.8 Å². The summed E-state index contributed by atoms with van der Waals surface area (Å²) in [7, 11) is 2.87. The topological polar surface area (TPSA) is 106 Å². The number of rotatable bonds is 9. The van der Waals surface area contributed by atoms with Gasteiger partial charge in [-0.05, 0) is 35.7 Å². The second kappa shape index (κ2) is 10.9. The van der Waals surface area contributed by atoms with E-state index in [9.17, 15) is 14.4 Å². The summed E-state index contributed by atoms with van der Waals surface area (Å²) in [5, 5.41) is 9.96. The number of anilines is 1. The molecule has 0 fully saturated rings. The molecular formula is C19H23N3O5S. The maximum atomic E-state index is 12.2. The Bertz CT molecular complexity index is 777. The number of carbonyl (C=O) groups is 3. The number of urea groups is 1. The van der Waals surface area contributed by atoms with Crippen LogP contribution < -0.4 is 20.7 Å². The molecule has 2 rings (SSSR count). The quantitative estimate of drug-likeness (QED) is 0.556. The maximum absolute atomic E-state index is 12.2. The molecule has 0 aliphatic heterocycles. The molecule has 9 heteroatoms. The van der Waals surface area contributed by atoms with Crippen molar-refractivity contribution < 1.29 is 23.9 Å². The van der Waals surface area contributed by atoms with Gasteiger partial charge in [0.25, 0.3) is 0 Å². The van der Waals surface area contributed by atoms with Gasteiger partial charge in [-0.15, -0.1) is 11.3 Å². The van der Waals surface area contributed by atoms with Crippen LogP contribution in [-0.4, -0.2) is 38.7 Å². The summed E-state index contributed by atoms with van der Waals surface area (Å²) in [5.41, 5.74) is 0.610. The van der Waals surface area contributed by atoms with Crippen LogP contribution in [0.2, 0.25) is 0 Å². The minimum absolute atomic E-state index is 0.0497. The van der Waals surface area contributed by atoms with Gasteiger partial charge in [0, 0.05) is 23.5 Å². The Morgan fingerprint density at radius 1 is 1.11 bits per heavy atom. The fourth-order valence-corrected chi connectivity index (χ4v) is 3.15. The van der Waals surface area contributed by atoms with Gasteiger partial charge in [-0.25, -0.2) is 4.79 Å². The highest BCUT2D eigenvalue weighted by Gasteiger charge is 2.19. The van der Waals surface area contributed by atoms with Gasteiger partial charge in [0.2, 0.25) is 5.91 Å². The number of ether oxygens (including phenoxy) is 2. The number of benzene rings is 1. The number of thiophene rings is 1. The first kappa shape index (κ1) is 21.2. The molecule has 1 aromatic heterocycles. The first-order chi connectivity index (χ1) is 13.5. The molecule has 1 aromatic carbocycles. The fraction of sp³-hybridized carbons (Fsp3) is 0.316. The summed E-state index contributed by atoms with van der Waals surface area (Å²) in [6, 6.07) is 9.72. The molecule has 0 aliphatic rings. The van der Waals surface area contributed by atoms with Crippen molar-refractivity contribution in [2.45, 2.75) is 18.9 Å². The van der Waals surface area contributed by atoms with Crippen LogP contribution in [0, 0.1) is 0 Å². The molecule has 28 heavy (non-hydrogen) atoms. The van der Waals surface area contributed by atoms with E-state index in [1.165, 1.54) is 18.4 Å². The first-order valence-electron chi connectivity index (χ1n) is 8.60. The summed E-state index contributed by atoms with van der Waals surface area (Å²) in [4.78, 5) is 36.5. The van der Waals surface area contributed by atoms with Gasteiger partial charge in [-0.1, -0.05) is 6.07 Å². The van der Waals surface area contributed by atoms with E-state index in [4.69, 9.17) is 4.74 Å². The number of esters is 1.